The molecule has 0 aliphatic rings. The van der Waals surface area contributed by atoms with Gasteiger partial charge in [0, 0.05) is 12.6 Å². The molecule has 0 bridgehead atoms. The van der Waals surface area contributed by atoms with Gasteiger partial charge in [-0.15, -0.1) is 10.2 Å². The molecule has 0 radical (unpaired) electrons. The SMILES string of the molecule is Cn1cnnc1C(S)c1cccc(C(=O)Nc2ccccc2C(=O)O)c1. The van der Waals surface area contributed by atoms with Gasteiger partial charge in [0.2, 0.25) is 0 Å². The highest BCUT2D eigenvalue weighted by molar-refractivity contribution is 7.80. The Morgan fingerprint density at radius 1 is 1.19 bits per heavy atom. The van der Waals surface area contributed by atoms with Crippen LogP contribution >= 0.6 is 12.6 Å². The molecule has 3 aromatic rings. The van der Waals surface area contributed by atoms with Crippen LogP contribution in [-0.2, 0) is 7.05 Å². The predicted molar refractivity (Wildman–Crippen MR) is 99.6 cm³/mol. The summed E-state index contributed by atoms with van der Waals surface area (Å²) in [5.41, 5.74) is 1.45. The molecule has 2 aromatic carbocycles. The van der Waals surface area contributed by atoms with Crippen LogP contribution in [0, 0.1) is 0 Å². The van der Waals surface area contributed by atoms with E-state index in [0.29, 0.717) is 11.4 Å². The number of para-hydroxylation sites is 1. The fourth-order valence-corrected chi connectivity index (χ4v) is 2.91. The number of aryl methyl sites for hydroxylation is 1. The molecule has 0 saturated heterocycles. The van der Waals surface area contributed by atoms with Crippen molar-refractivity contribution in [1.82, 2.24) is 14.8 Å². The fourth-order valence-electron chi connectivity index (χ4n) is 2.51. The number of carbonyl (C=O) groups excluding carboxylic acids is 1. The lowest BCUT2D eigenvalue weighted by molar-refractivity contribution is 0.0698. The van der Waals surface area contributed by atoms with Crippen molar-refractivity contribution in [3.63, 3.8) is 0 Å². The van der Waals surface area contributed by atoms with Crippen LogP contribution in [0.3, 0.4) is 0 Å². The molecule has 0 aliphatic heterocycles. The van der Waals surface area contributed by atoms with E-state index in [1.807, 2.05) is 13.1 Å². The number of rotatable bonds is 5. The molecule has 1 amide bonds. The first-order valence-electron chi connectivity index (χ1n) is 7.73. The van der Waals surface area contributed by atoms with E-state index in [-0.39, 0.29) is 16.5 Å². The molecule has 26 heavy (non-hydrogen) atoms. The number of benzene rings is 2. The summed E-state index contributed by atoms with van der Waals surface area (Å²) in [6, 6.07) is 13.2. The van der Waals surface area contributed by atoms with Gasteiger partial charge in [-0.2, -0.15) is 12.6 Å². The number of nitrogens with zero attached hydrogens (tertiary/aromatic N) is 3. The molecule has 0 fully saturated rings. The number of nitrogens with one attached hydrogen (secondary N) is 1. The van der Waals surface area contributed by atoms with Crippen molar-refractivity contribution in [2.24, 2.45) is 7.05 Å². The topological polar surface area (TPSA) is 97.1 Å². The molecular formula is C18H16N4O3S. The lowest BCUT2D eigenvalue weighted by atomic mass is 10.1. The normalized spacial score (nSPS) is 11.8. The Balaban J connectivity index is 1.86. The van der Waals surface area contributed by atoms with Gasteiger partial charge < -0.3 is 15.0 Å². The molecule has 1 aromatic heterocycles. The second-order valence-corrected chi connectivity index (χ2v) is 6.15. The zero-order chi connectivity index (χ0) is 18.7. The number of aromatic nitrogens is 3. The monoisotopic (exact) mass is 368 g/mol. The third-order valence-corrected chi connectivity index (χ3v) is 4.39. The summed E-state index contributed by atoms with van der Waals surface area (Å²) in [6.07, 6.45) is 1.58. The van der Waals surface area contributed by atoms with Crippen LogP contribution in [-0.4, -0.2) is 31.7 Å². The van der Waals surface area contributed by atoms with Gasteiger partial charge in [-0.05, 0) is 29.8 Å². The van der Waals surface area contributed by atoms with E-state index in [0.717, 1.165) is 5.56 Å². The predicted octanol–water partition coefficient (Wildman–Crippen LogP) is 2.78. The summed E-state index contributed by atoms with van der Waals surface area (Å²) < 4.78 is 1.76. The molecule has 0 spiro atoms. The molecule has 8 heteroatoms. The number of hydrogen-bond donors (Lipinski definition) is 3. The van der Waals surface area contributed by atoms with E-state index < -0.39 is 11.9 Å². The van der Waals surface area contributed by atoms with Crippen LogP contribution in [0.25, 0.3) is 0 Å². The van der Waals surface area contributed by atoms with E-state index in [2.05, 4.69) is 28.1 Å². The van der Waals surface area contributed by atoms with Crippen LogP contribution in [0.2, 0.25) is 0 Å². The first-order valence-corrected chi connectivity index (χ1v) is 8.24. The Hall–Kier alpha value is -3.13. The molecule has 132 valence electrons. The number of thiol groups is 1. The van der Waals surface area contributed by atoms with Crippen LogP contribution < -0.4 is 5.32 Å². The van der Waals surface area contributed by atoms with Crippen molar-refractivity contribution in [2.75, 3.05) is 5.32 Å². The highest BCUT2D eigenvalue weighted by atomic mass is 32.1. The lowest BCUT2D eigenvalue weighted by Crippen LogP contribution is -2.15. The largest absolute Gasteiger partial charge is 0.478 e. The number of carboxylic acids is 1. The van der Waals surface area contributed by atoms with Crippen molar-refractivity contribution in [3.8, 4) is 0 Å². The van der Waals surface area contributed by atoms with Crippen molar-refractivity contribution in [1.29, 1.82) is 0 Å². The highest BCUT2D eigenvalue weighted by Crippen LogP contribution is 2.27. The average molecular weight is 368 g/mol. The minimum Gasteiger partial charge on any atom is -0.478 e. The molecule has 7 nitrogen and oxygen atoms in total. The van der Waals surface area contributed by atoms with Crippen LogP contribution in [0.15, 0.2) is 54.9 Å². The summed E-state index contributed by atoms with van der Waals surface area (Å²) >= 11 is 4.57. The number of aromatic carboxylic acids is 1. The van der Waals surface area contributed by atoms with Crippen molar-refractivity contribution >= 4 is 30.2 Å². The standard InChI is InChI=1S/C18H16N4O3S/c1-22-10-19-21-16(22)15(26)11-5-4-6-12(9-11)17(23)20-14-8-3-2-7-13(14)18(24)25/h2-10,15,26H,1H3,(H,20,23)(H,24,25). The van der Waals surface area contributed by atoms with Gasteiger partial charge in [-0.25, -0.2) is 4.79 Å². The minimum atomic E-state index is -1.10. The molecule has 0 saturated carbocycles. The first-order chi connectivity index (χ1) is 12.5. The molecule has 1 atom stereocenters. The van der Waals surface area contributed by atoms with Gasteiger partial charge in [0.15, 0.2) is 0 Å². The Bertz CT molecular complexity index is 970. The zero-order valence-electron chi connectivity index (χ0n) is 13.8. The van der Waals surface area contributed by atoms with Gasteiger partial charge in [0.25, 0.3) is 5.91 Å². The van der Waals surface area contributed by atoms with Gasteiger partial charge in [-0.3, -0.25) is 4.79 Å². The number of amides is 1. The minimum absolute atomic E-state index is 0.0307. The van der Waals surface area contributed by atoms with Crippen LogP contribution in [0.1, 0.15) is 37.4 Å². The summed E-state index contributed by atoms with van der Waals surface area (Å²) in [7, 11) is 1.82. The second kappa shape index (κ2) is 7.40. The molecule has 1 unspecified atom stereocenters. The third-order valence-electron chi connectivity index (χ3n) is 3.86. The third kappa shape index (κ3) is 3.60. The molecule has 1 heterocycles. The Kier molecular flexibility index (Phi) is 5.04. The van der Waals surface area contributed by atoms with Gasteiger partial charge in [0.05, 0.1) is 16.5 Å². The Morgan fingerprint density at radius 3 is 2.65 bits per heavy atom. The van der Waals surface area contributed by atoms with Crippen molar-refractivity contribution in [2.45, 2.75) is 5.25 Å². The number of carbonyl (C=O) groups is 2. The van der Waals surface area contributed by atoms with Crippen LogP contribution in [0.4, 0.5) is 5.69 Å². The van der Waals surface area contributed by atoms with E-state index in [9.17, 15) is 14.7 Å². The van der Waals surface area contributed by atoms with E-state index in [4.69, 9.17) is 0 Å². The quantitative estimate of drug-likeness (QED) is 0.602. The summed E-state index contributed by atoms with van der Waals surface area (Å²) in [5, 5.41) is 19.4. The Labute approximate surface area is 155 Å². The molecular weight excluding hydrogens is 352 g/mol. The van der Waals surface area contributed by atoms with Gasteiger partial charge in [0.1, 0.15) is 12.2 Å². The van der Waals surface area contributed by atoms with E-state index >= 15 is 0 Å². The lowest BCUT2D eigenvalue weighted by Gasteiger charge is -2.12. The second-order valence-electron chi connectivity index (χ2n) is 5.63. The zero-order valence-corrected chi connectivity index (χ0v) is 14.7. The van der Waals surface area contributed by atoms with Crippen LogP contribution in [0.5, 0.6) is 0 Å². The maximum atomic E-state index is 12.6. The summed E-state index contributed by atoms with van der Waals surface area (Å²) in [4.78, 5) is 23.8. The molecule has 2 N–H and O–H groups in total. The molecule has 0 aliphatic carbocycles. The molecule has 3 rings (SSSR count). The summed E-state index contributed by atoms with van der Waals surface area (Å²) in [5.74, 6) is -0.853. The smallest absolute Gasteiger partial charge is 0.337 e. The van der Waals surface area contributed by atoms with Gasteiger partial charge >= 0.3 is 5.97 Å². The highest BCUT2D eigenvalue weighted by Gasteiger charge is 2.17. The van der Waals surface area contributed by atoms with E-state index in [1.54, 1.807) is 47.3 Å². The fraction of sp³-hybridized carbons (Fsp3) is 0.111. The van der Waals surface area contributed by atoms with E-state index in [1.165, 1.54) is 6.07 Å². The summed E-state index contributed by atoms with van der Waals surface area (Å²) in [6.45, 7) is 0. The number of hydrogen-bond acceptors (Lipinski definition) is 5. The number of anilines is 1. The number of carboxylic acid groups (broad SMARTS) is 1. The first kappa shape index (κ1) is 17.7. The Morgan fingerprint density at radius 2 is 1.96 bits per heavy atom. The van der Waals surface area contributed by atoms with Crippen molar-refractivity contribution in [3.05, 3.63) is 77.4 Å². The maximum absolute atomic E-state index is 12.6. The van der Waals surface area contributed by atoms with Crippen molar-refractivity contribution < 1.29 is 14.7 Å². The van der Waals surface area contributed by atoms with Gasteiger partial charge in [-0.1, -0.05) is 24.3 Å². The average Bonchev–Trinajstić information content (AvgIpc) is 3.07. The maximum Gasteiger partial charge on any atom is 0.337 e.